The second kappa shape index (κ2) is 12.9. The van der Waals surface area contributed by atoms with Crippen LogP contribution in [-0.2, 0) is 27.3 Å². The molecule has 5 rings (SSSR count). The first kappa shape index (κ1) is 28.9. The lowest BCUT2D eigenvalue weighted by Gasteiger charge is -2.35. The highest BCUT2D eigenvalue weighted by atomic mass is 16.5. The number of hydrogen-bond donors (Lipinski definition) is 1. The van der Waals surface area contributed by atoms with Gasteiger partial charge in [0, 0.05) is 38.4 Å². The Morgan fingerprint density at radius 3 is 2.51 bits per heavy atom. The Morgan fingerprint density at radius 1 is 1.05 bits per heavy atom. The number of nitrogens with zero attached hydrogens (tertiary/aromatic N) is 2. The van der Waals surface area contributed by atoms with E-state index in [1.807, 2.05) is 18.2 Å². The summed E-state index contributed by atoms with van der Waals surface area (Å²) in [5.74, 6) is 1.37. The Hall–Kier alpha value is -3.59. The van der Waals surface area contributed by atoms with E-state index in [0.717, 1.165) is 56.6 Å². The molecule has 9 heteroatoms. The molecule has 0 unspecified atom stereocenters. The highest BCUT2D eigenvalue weighted by Crippen LogP contribution is 2.36. The predicted octanol–water partition coefficient (Wildman–Crippen LogP) is 4.61. The van der Waals surface area contributed by atoms with E-state index in [1.165, 1.54) is 16.0 Å². The van der Waals surface area contributed by atoms with Crippen molar-refractivity contribution in [1.29, 1.82) is 0 Å². The Balaban J connectivity index is 1.29. The second-order valence-corrected chi connectivity index (χ2v) is 11.4. The molecular weight excluding hydrogens is 524 g/mol. The van der Waals surface area contributed by atoms with Gasteiger partial charge in [-0.2, -0.15) is 0 Å². The average molecular weight is 565 g/mol. The van der Waals surface area contributed by atoms with E-state index in [-0.39, 0.29) is 49.8 Å². The third-order valence-electron chi connectivity index (χ3n) is 8.77. The normalized spacial score (nSPS) is 21.1. The van der Waals surface area contributed by atoms with Crippen molar-refractivity contribution in [3.05, 3.63) is 53.1 Å². The predicted molar refractivity (Wildman–Crippen MR) is 152 cm³/mol. The third-order valence-corrected chi connectivity index (χ3v) is 8.77. The van der Waals surface area contributed by atoms with Gasteiger partial charge in [-0.25, -0.2) is 0 Å². The van der Waals surface area contributed by atoms with E-state index >= 15 is 0 Å². The number of carbonyl (C=O) groups excluding carboxylic acids is 2. The van der Waals surface area contributed by atoms with Crippen molar-refractivity contribution in [2.75, 3.05) is 33.4 Å². The van der Waals surface area contributed by atoms with Gasteiger partial charge < -0.3 is 19.3 Å². The van der Waals surface area contributed by atoms with E-state index in [9.17, 15) is 19.5 Å². The third kappa shape index (κ3) is 6.84. The number of likely N-dealkylation sites (tertiary alicyclic amines) is 1. The lowest BCUT2D eigenvalue weighted by atomic mass is 9.81. The molecule has 220 valence electrons. The fourth-order valence-electron chi connectivity index (χ4n) is 6.24. The number of methoxy groups -OCH3 is 1. The smallest absolute Gasteiger partial charge is 0.306 e. The largest absolute Gasteiger partial charge is 0.493 e. The molecule has 1 saturated heterocycles. The minimum absolute atomic E-state index is 0.149. The zero-order chi connectivity index (χ0) is 28.9. The number of carboxylic acid groups (broad SMARTS) is 1. The van der Waals surface area contributed by atoms with Gasteiger partial charge in [-0.15, -0.1) is 0 Å². The number of aliphatic carboxylic acids is 1. The summed E-state index contributed by atoms with van der Waals surface area (Å²) >= 11 is 0. The first-order chi connectivity index (χ1) is 19.8. The maximum absolute atomic E-state index is 11.9. The average Bonchev–Trinajstić information content (AvgIpc) is 3.58. The molecule has 3 aliphatic rings. The number of benzene rings is 2. The molecule has 9 nitrogen and oxygen atoms in total. The van der Waals surface area contributed by atoms with Crippen LogP contribution in [0.2, 0.25) is 0 Å². The fraction of sp³-hybridized carbons (Fsp3) is 0.531. The summed E-state index contributed by atoms with van der Waals surface area (Å²) in [6.45, 7) is 4.96. The van der Waals surface area contributed by atoms with Gasteiger partial charge in [0.25, 0.3) is 0 Å². The number of rotatable bonds is 12. The molecule has 0 radical (unpaired) electrons. The molecule has 2 aromatic carbocycles. The van der Waals surface area contributed by atoms with Crippen LogP contribution in [-0.4, -0.2) is 66.1 Å². The first-order valence-electron chi connectivity index (χ1n) is 14.7. The van der Waals surface area contributed by atoms with Gasteiger partial charge in [-0.3, -0.25) is 24.2 Å². The van der Waals surface area contributed by atoms with Crippen molar-refractivity contribution in [2.45, 2.75) is 64.5 Å². The molecule has 2 aromatic rings. The minimum atomic E-state index is -0.679. The van der Waals surface area contributed by atoms with Crippen LogP contribution >= 0.6 is 0 Å². The van der Waals surface area contributed by atoms with Gasteiger partial charge >= 0.3 is 5.97 Å². The van der Waals surface area contributed by atoms with Gasteiger partial charge in [-0.1, -0.05) is 18.2 Å². The van der Waals surface area contributed by atoms with Crippen molar-refractivity contribution < 1.29 is 33.7 Å². The molecule has 0 spiro atoms. The quantitative estimate of drug-likeness (QED) is 0.373. The van der Waals surface area contributed by atoms with Crippen molar-refractivity contribution in [3.63, 3.8) is 0 Å². The summed E-state index contributed by atoms with van der Waals surface area (Å²) in [7, 11) is 1.60. The molecule has 2 fully saturated rings. The Kier molecular flexibility index (Phi) is 9.12. The SMILES string of the molecule is COc1cc(CN(CC2CCC(C(=O)O)CC2)[C@H](C)c2ccc3c(c2)CCO3)ccc1OCCN1C(=O)CCC1=O. The zero-order valence-corrected chi connectivity index (χ0v) is 24.0. The minimum Gasteiger partial charge on any atom is -0.493 e. The van der Waals surface area contributed by atoms with Crippen LogP contribution in [0.3, 0.4) is 0 Å². The Morgan fingerprint density at radius 2 is 1.80 bits per heavy atom. The lowest BCUT2D eigenvalue weighted by Crippen LogP contribution is -2.34. The Bertz CT molecular complexity index is 1250. The maximum Gasteiger partial charge on any atom is 0.306 e. The van der Waals surface area contributed by atoms with Gasteiger partial charge in [-0.05, 0) is 73.4 Å². The van der Waals surface area contributed by atoms with Gasteiger partial charge in [0.1, 0.15) is 12.4 Å². The van der Waals surface area contributed by atoms with E-state index in [0.29, 0.717) is 24.0 Å². The summed E-state index contributed by atoms with van der Waals surface area (Å²) in [4.78, 5) is 39.0. The van der Waals surface area contributed by atoms with Crippen LogP contribution in [0.4, 0.5) is 0 Å². The molecule has 2 amide bonds. The van der Waals surface area contributed by atoms with Crippen LogP contribution in [0.25, 0.3) is 0 Å². The van der Waals surface area contributed by atoms with Crippen molar-refractivity contribution in [2.24, 2.45) is 11.8 Å². The van der Waals surface area contributed by atoms with Crippen LogP contribution in [0, 0.1) is 11.8 Å². The monoisotopic (exact) mass is 564 g/mol. The van der Waals surface area contributed by atoms with E-state index < -0.39 is 5.97 Å². The number of ether oxygens (including phenoxy) is 3. The molecule has 2 heterocycles. The van der Waals surface area contributed by atoms with Crippen LogP contribution < -0.4 is 14.2 Å². The number of fused-ring (bicyclic) bond motifs is 1. The highest BCUT2D eigenvalue weighted by molar-refractivity contribution is 6.01. The van der Waals surface area contributed by atoms with Crippen LogP contribution in [0.5, 0.6) is 17.2 Å². The summed E-state index contributed by atoms with van der Waals surface area (Å²) < 4.78 is 17.3. The van der Waals surface area contributed by atoms with Crippen molar-refractivity contribution in [3.8, 4) is 17.2 Å². The molecule has 1 atom stereocenters. The molecule has 41 heavy (non-hydrogen) atoms. The van der Waals surface area contributed by atoms with Gasteiger partial charge in [0.15, 0.2) is 11.5 Å². The number of amides is 2. The summed E-state index contributed by atoms with van der Waals surface area (Å²) in [5.41, 5.74) is 3.57. The van der Waals surface area contributed by atoms with Crippen LogP contribution in [0.15, 0.2) is 36.4 Å². The molecule has 1 N–H and O–H groups in total. The topological polar surface area (TPSA) is 106 Å². The standard InChI is InChI=1S/C32H40N2O7/c1-21(25-8-10-27-26(18-25)13-15-40-27)33(19-22-3-6-24(7-4-22)32(37)38)20-23-5-9-28(29(17-23)39-2)41-16-14-34-30(35)11-12-31(34)36/h5,8-10,17-18,21-22,24H,3-4,6-7,11-16,19-20H2,1-2H3,(H,37,38)/t21-,22?,24?/m1/s1. The van der Waals surface area contributed by atoms with E-state index in [2.05, 4.69) is 30.0 Å². The molecular formula is C32H40N2O7. The number of carbonyl (C=O) groups is 3. The first-order valence-corrected chi connectivity index (χ1v) is 14.7. The summed E-state index contributed by atoms with van der Waals surface area (Å²) in [6, 6.07) is 12.5. The lowest BCUT2D eigenvalue weighted by molar-refractivity contribution is -0.143. The van der Waals surface area contributed by atoms with Gasteiger partial charge in [0.2, 0.25) is 11.8 Å². The second-order valence-electron chi connectivity index (χ2n) is 11.4. The number of carboxylic acids is 1. The number of hydrogen-bond acceptors (Lipinski definition) is 7. The van der Waals surface area contributed by atoms with Crippen LogP contribution in [0.1, 0.15) is 68.2 Å². The van der Waals surface area contributed by atoms with E-state index in [4.69, 9.17) is 14.2 Å². The summed E-state index contributed by atoms with van der Waals surface area (Å²) in [6.07, 6.45) is 4.75. The molecule has 2 aliphatic heterocycles. The summed E-state index contributed by atoms with van der Waals surface area (Å²) in [5, 5.41) is 9.44. The van der Waals surface area contributed by atoms with E-state index in [1.54, 1.807) is 7.11 Å². The molecule has 1 saturated carbocycles. The Labute approximate surface area is 241 Å². The maximum atomic E-state index is 11.9. The van der Waals surface area contributed by atoms with Gasteiger partial charge in [0.05, 0.1) is 26.2 Å². The molecule has 0 bridgehead atoms. The van der Waals surface area contributed by atoms with Crippen molar-refractivity contribution in [1.82, 2.24) is 9.80 Å². The zero-order valence-electron chi connectivity index (χ0n) is 24.0. The molecule has 1 aliphatic carbocycles. The number of imide groups is 1. The highest BCUT2D eigenvalue weighted by Gasteiger charge is 2.30. The molecule has 0 aromatic heterocycles. The van der Waals surface area contributed by atoms with Crippen molar-refractivity contribution >= 4 is 17.8 Å². The fourth-order valence-corrected chi connectivity index (χ4v) is 6.24.